The second-order valence-electron chi connectivity index (χ2n) is 5.98. The third kappa shape index (κ3) is 4.32. The van der Waals surface area contributed by atoms with Crippen molar-refractivity contribution in [3.8, 4) is 0 Å². The number of nitrogens with one attached hydrogen (secondary N) is 2. The van der Waals surface area contributed by atoms with Crippen molar-refractivity contribution in [1.82, 2.24) is 0 Å². The molecule has 8 heteroatoms. The smallest absolute Gasteiger partial charge is 0.261 e. The Labute approximate surface area is 167 Å². The van der Waals surface area contributed by atoms with Gasteiger partial charge in [-0.25, -0.2) is 12.8 Å². The van der Waals surface area contributed by atoms with Crippen molar-refractivity contribution >= 4 is 38.9 Å². The molecular weight excluding hydrogens is 403 g/mol. The van der Waals surface area contributed by atoms with Crippen LogP contribution in [0.2, 0.25) is 5.02 Å². The molecule has 3 aromatic carbocycles. The zero-order valence-corrected chi connectivity index (χ0v) is 16.3. The summed E-state index contributed by atoms with van der Waals surface area (Å²) in [7, 11) is -3.99. The number of sulfonamides is 1. The summed E-state index contributed by atoms with van der Waals surface area (Å²) in [6.45, 7) is 1.78. The molecule has 0 aliphatic heterocycles. The number of carbonyl (C=O) groups excluding carboxylic acids is 1. The summed E-state index contributed by atoms with van der Waals surface area (Å²) < 4.78 is 40.7. The average molecular weight is 419 g/mol. The zero-order valence-electron chi connectivity index (χ0n) is 14.7. The Bertz CT molecular complexity index is 1130. The maximum Gasteiger partial charge on any atom is 0.261 e. The lowest BCUT2D eigenvalue weighted by Crippen LogP contribution is -2.15. The minimum Gasteiger partial charge on any atom is -0.322 e. The van der Waals surface area contributed by atoms with Crippen molar-refractivity contribution in [3.05, 3.63) is 88.7 Å². The lowest BCUT2D eigenvalue weighted by atomic mass is 10.1. The molecule has 0 heterocycles. The van der Waals surface area contributed by atoms with Crippen molar-refractivity contribution in [2.45, 2.75) is 11.8 Å². The number of carbonyl (C=O) groups is 1. The normalized spacial score (nSPS) is 11.1. The lowest BCUT2D eigenvalue weighted by Gasteiger charge is -2.11. The van der Waals surface area contributed by atoms with Crippen LogP contribution in [0.3, 0.4) is 0 Å². The molecule has 1 amide bonds. The van der Waals surface area contributed by atoms with Crippen LogP contribution in [0.1, 0.15) is 15.9 Å². The predicted octanol–water partition coefficient (Wildman–Crippen LogP) is 4.84. The van der Waals surface area contributed by atoms with Crippen molar-refractivity contribution < 1.29 is 17.6 Å². The van der Waals surface area contributed by atoms with E-state index in [2.05, 4.69) is 10.0 Å². The summed E-state index contributed by atoms with van der Waals surface area (Å²) in [5.41, 5.74) is 1.41. The fourth-order valence-corrected chi connectivity index (χ4v) is 3.71. The number of hydrogen-bond acceptors (Lipinski definition) is 3. The fourth-order valence-electron chi connectivity index (χ4n) is 2.47. The first-order chi connectivity index (χ1) is 13.3. The van der Waals surface area contributed by atoms with Crippen LogP contribution in [-0.2, 0) is 10.0 Å². The molecule has 0 radical (unpaired) electrons. The Hall–Kier alpha value is -2.90. The Kier molecular flexibility index (Phi) is 5.67. The van der Waals surface area contributed by atoms with Crippen LogP contribution in [0.4, 0.5) is 15.8 Å². The molecule has 0 aromatic heterocycles. The predicted molar refractivity (Wildman–Crippen MR) is 108 cm³/mol. The average Bonchev–Trinajstić information content (AvgIpc) is 2.67. The van der Waals surface area contributed by atoms with Crippen LogP contribution in [0.15, 0.2) is 71.6 Å². The van der Waals surface area contributed by atoms with Gasteiger partial charge in [0, 0.05) is 16.3 Å². The zero-order chi connectivity index (χ0) is 20.3. The molecule has 0 aliphatic carbocycles. The molecule has 144 valence electrons. The van der Waals surface area contributed by atoms with Crippen molar-refractivity contribution in [3.63, 3.8) is 0 Å². The molecule has 0 atom stereocenters. The van der Waals surface area contributed by atoms with E-state index in [0.717, 1.165) is 11.6 Å². The van der Waals surface area contributed by atoms with E-state index in [4.69, 9.17) is 11.6 Å². The van der Waals surface area contributed by atoms with Gasteiger partial charge in [-0.1, -0.05) is 29.8 Å². The fraction of sp³-hybridized carbons (Fsp3) is 0.0500. The Morgan fingerprint density at radius 1 is 0.929 bits per heavy atom. The van der Waals surface area contributed by atoms with Crippen molar-refractivity contribution in [2.75, 3.05) is 10.0 Å². The molecule has 0 fully saturated rings. The third-order valence-corrected chi connectivity index (χ3v) is 5.85. The molecule has 0 saturated carbocycles. The van der Waals surface area contributed by atoms with Crippen LogP contribution < -0.4 is 10.0 Å². The summed E-state index contributed by atoms with van der Waals surface area (Å²) >= 11 is 6.04. The maximum absolute atomic E-state index is 13.7. The highest BCUT2D eigenvalue weighted by atomic mass is 35.5. The first kappa shape index (κ1) is 19.9. The Morgan fingerprint density at radius 2 is 1.57 bits per heavy atom. The molecule has 0 bridgehead atoms. The maximum atomic E-state index is 13.7. The largest absolute Gasteiger partial charge is 0.322 e. The highest BCUT2D eigenvalue weighted by Crippen LogP contribution is 2.24. The van der Waals surface area contributed by atoms with Crippen LogP contribution in [0.5, 0.6) is 0 Å². The van der Waals surface area contributed by atoms with E-state index in [1.54, 1.807) is 25.1 Å². The van der Waals surface area contributed by atoms with E-state index < -0.39 is 21.7 Å². The standard InChI is InChI=1S/C20H16ClFN2O3S/c1-13-16(21)5-4-8-18(13)23-20(25)14-9-11-15(12-10-14)28(26,27)24-19-7-3-2-6-17(19)22/h2-12,24H,1H3,(H,23,25). The first-order valence-electron chi connectivity index (χ1n) is 8.22. The van der Waals surface area contributed by atoms with Gasteiger partial charge in [0.2, 0.25) is 0 Å². The molecule has 0 saturated heterocycles. The van der Waals surface area contributed by atoms with Gasteiger partial charge >= 0.3 is 0 Å². The molecule has 5 nitrogen and oxygen atoms in total. The lowest BCUT2D eigenvalue weighted by molar-refractivity contribution is 0.102. The van der Waals surface area contributed by atoms with E-state index in [-0.39, 0.29) is 16.1 Å². The molecule has 3 rings (SSSR count). The molecule has 0 unspecified atom stereocenters. The minimum absolute atomic E-state index is 0.0914. The number of para-hydroxylation sites is 1. The highest BCUT2D eigenvalue weighted by Gasteiger charge is 2.17. The SMILES string of the molecule is Cc1c(Cl)cccc1NC(=O)c1ccc(S(=O)(=O)Nc2ccccc2F)cc1. The van der Waals surface area contributed by atoms with Crippen LogP contribution >= 0.6 is 11.6 Å². The molecular formula is C20H16ClFN2O3S. The number of halogens is 2. The second-order valence-corrected chi connectivity index (χ2v) is 8.07. The van der Waals surface area contributed by atoms with E-state index in [1.165, 1.54) is 42.5 Å². The Balaban J connectivity index is 1.78. The number of anilines is 2. The minimum atomic E-state index is -3.99. The monoisotopic (exact) mass is 418 g/mol. The van der Waals surface area contributed by atoms with Crippen LogP contribution in [-0.4, -0.2) is 14.3 Å². The number of rotatable bonds is 5. The topological polar surface area (TPSA) is 75.3 Å². The molecule has 2 N–H and O–H groups in total. The van der Waals surface area contributed by atoms with Gasteiger partial charge < -0.3 is 5.32 Å². The summed E-state index contributed by atoms with van der Waals surface area (Å²) in [6.07, 6.45) is 0. The summed E-state index contributed by atoms with van der Waals surface area (Å²) in [6, 6.07) is 15.9. The highest BCUT2D eigenvalue weighted by molar-refractivity contribution is 7.92. The van der Waals surface area contributed by atoms with Gasteiger partial charge in [0.1, 0.15) is 5.82 Å². The van der Waals surface area contributed by atoms with Gasteiger partial charge in [0.25, 0.3) is 15.9 Å². The van der Waals surface area contributed by atoms with Gasteiger partial charge in [0.15, 0.2) is 0 Å². The van der Waals surface area contributed by atoms with E-state index >= 15 is 0 Å². The first-order valence-corrected chi connectivity index (χ1v) is 10.1. The van der Waals surface area contributed by atoms with Crippen LogP contribution in [0, 0.1) is 12.7 Å². The van der Waals surface area contributed by atoms with Crippen LogP contribution in [0.25, 0.3) is 0 Å². The summed E-state index contributed by atoms with van der Waals surface area (Å²) in [4.78, 5) is 12.3. The summed E-state index contributed by atoms with van der Waals surface area (Å²) in [5.74, 6) is -1.09. The number of benzene rings is 3. The van der Waals surface area contributed by atoms with Gasteiger partial charge in [0.05, 0.1) is 10.6 Å². The molecule has 0 aliphatic rings. The van der Waals surface area contributed by atoms with E-state index in [0.29, 0.717) is 10.7 Å². The Morgan fingerprint density at radius 3 is 2.25 bits per heavy atom. The molecule has 28 heavy (non-hydrogen) atoms. The quantitative estimate of drug-likeness (QED) is 0.622. The van der Waals surface area contributed by atoms with Gasteiger partial charge in [-0.05, 0) is 61.0 Å². The van der Waals surface area contributed by atoms with Gasteiger partial charge in [-0.3, -0.25) is 9.52 Å². The number of amides is 1. The third-order valence-electron chi connectivity index (χ3n) is 4.06. The molecule has 3 aromatic rings. The van der Waals surface area contributed by atoms with Gasteiger partial charge in [-0.2, -0.15) is 0 Å². The number of hydrogen-bond donors (Lipinski definition) is 2. The van der Waals surface area contributed by atoms with Crippen molar-refractivity contribution in [2.24, 2.45) is 0 Å². The molecule has 0 spiro atoms. The van der Waals surface area contributed by atoms with E-state index in [1.807, 2.05) is 0 Å². The van der Waals surface area contributed by atoms with Gasteiger partial charge in [-0.15, -0.1) is 0 Å². The van der Waals surface area contributed by atoms with E-state index in [9.17, 15) is 17.6 Å². The summed E-state index contributed by atoms with van der Waals surface area (Å²) in [5, 5.41) is 3.26. The van der Waals surface area contributed by atoms with Crippen molar-refractivity contribution in [1.29, 1.82) is 0 Å². The second kappa shape index (κ2) is 8.00.